The number of anilines is 1. The zero-order chi connectivity index (χ0) is 19.4. The fourth-order valence-corrected chi connectivity index (χ4v) is 3.09. The Hall–Kier alpha value is -2.96. The summed E-state index contributed by atoms with van der Waals surface area (Å²) in [6.45, 7) is -1.07. The van der Waals surface area contributed by atoms with Gasteiger partial charge in [0.05, 0.1) is 0 Å². The van der Waals surface area contributed by atoms with Gasteiger partial charge in [-0.3, -0.25) is 4.79 Å². The van der Waals surface area contributed by atoms with Crippen LogP contribution < -0.4 is 9.64 Å². The Balaban J connectivity index is 1.74. The van der Waals surface area contributed by atoms with Gasteiger partial charge in [-0.15, -0.1) is 0 Å². The number of amides is 1. The molecule has 142 valence electrons. The third kappa shape index (κ3) is 4.24. The Bertz CT molecular complexity index is 840. The van der Waals surface area contributed by atoms with Crippen LogP contribution in [0, 0.1) is 0 Å². The van der Waals surface area contributed by atoms with E-state index in [1.54, 1.807) is 4.90 Å². The highest BCUT2D eigenvalue weighted by Crippen LogP contribution is 2.28. The van der Waals surface area contributed by atoms with Crippen molar-refractivity contribution in [3.05, 3.63) is 59.7 Å². The minimum Gasteiger partial charge on any atom is -0.449 e. The predicted molar refractivity (Wildman–Crippen MR) is 95.1 cm³/mol. The standard InChI is InChI=1S/C20H19F2NO4/c1-13(18(24)23-12-6-8-14-7-2-4-10-16(14)23)26-19(25)15-9-3-5-11-17(15)27-20(21)22/h2-5,7,9-11,13,20H,6,8,12H2,1H3/t13-/m0/s1. The molecule has 0 radical (unpaired) electrons. The number of aryl methyl sites for hydroxylation is 1. The smallest absolute Gasteiger partial charge is 0.387 e. The minimum atomic E-state index is -3.07. The average molecular weight is 375 g/mol. The van der Waals surface area contributed by atoms with E-state index in [0.29, 0.717) is 6.54 Å². The number of hydrogen-bond donors (Lipinski definition) is 0. The monoisotopic (exact) mass is 375 g/mol. The highest BCUT2D eigenvalue weighted by atomic mass is 19.3. The van der Waals surface area contributed by atoms with Crippen LogP contribution >= 0.6 is 0 Å². The Morgan fingerprint density at radius 3 is 2.56 bits per heavy atom. The van der Waals surface area contributed by atoms with Gasteiger partial charge in [0.2, 0.25) is 0 Å². The van der Waals surface area contributed by atoms with Crippen molar-refractivity contribution in [1.82, 2.24) is 0 Å². The molecule has 5 nitrogen and oxygen atoms in total. The number of hydrogen-bond acceptors (Lipinski definition) is 4. The van der Waals surface area contributed by atoms with E-state index in [9.17, 15) is 18.4 Å². The second kappa shape index (κ2) is 8.16. The summed E-state index contributed by atoms with van der Waals surface area (Å²) in [6.07, 6.45) is 0.629. The molecular weight excluding hydrogens is 356 g/mol. The van der Waals surface area contributed by atoms with E-state index in [0.717, 1.165) is 24.1 Å². The van der Waals surface area contributed by atoms with Crippen molar-refractivity contribution in [3.8, 4) is 5.75 Å². The zero-order valence-electron chi connectivity index (χ0n) is 14.7. The van der Waals surface area contributed by atoms with Crippen LogP contribution in [0.1, 0.15) is 29.3 Å². The summed E-state index contributed by atoms with van der Waals surface area (Å²) in [4.78, 5) is 26.8. The summed E-state index contributed by atoms with van der Waals surface area (Å²) in [6, 6.07) is 13.1. The normalized spacial score (nSPS) is 14.4. The number of benzene rings is 2. The molecule has 27 heavy (non-hydrogen) atoms. The van der Waals surface area contributed by atoms with Gasteiger partial charge in [-0.1, -0.05) is 30.3 Å². The number of para-hydroxylation sites is 2. The topological polar surface area (TPSA) is 55.8 Å². The van der Waals surface area contributed by atoms with Crippen molar-refractivity contribution in [3.63, 3.8) is 0 Å². The fraction of sp³-hybridized carbons (Fsp3) is 0.300. The maximum Gasteiger partial charge on any atom is 0.387 e. The van der Waals surface area contributed by atoms with Crippen LogP contribution in [0.25, 0.3) is 0 Å². The largest absolute Gasteiger partial charge is 0.449 e. The minimum absolute atomic E-state index is 0.156. The van der Waals surface area contributed by atoms with E-state index in [1.807, 2.05) is 24.3 Å². The highest BCUT2D eigenvalue weighted by molar-refractivity contribution is 6.00. The molecule has 0 saturated heterocycles. The number of halogens is 2. The van der Waals surface area contributed by atoms with Crippen molar-refractivity contribution in [2.45, 2.75) is 32.5 Å². The molecule has 0 bridgehead atoms. The quantitative estimate of drug-likeness (QED) is 0.746. The lowest BCUT2D eigenvalue weighted by molar-refractivity contribution is -0.126. The van der Waals surface area contributed by atoms with E-state index in [4.69, 9.17) is 4.74 Å². The van der Waals surface area contributed by atoms with Gasteiger partial charge in [0.1, 0.15) is 11.3 Å². The molecular formula is C20H19F2NO4. The number of rotatable bonds is 5. The number of esters is 1. The molecule has 7 heteroatoms. The molecule has 1 aliphatic rings. The van der Waals surface area contributed by atoms with E-state index in [2.05, 4.69) is 4.74 Å². The Labute approximate surface area is 155 Å². The molecule has 0 unspecified atom stereocenters. The molecule has 0 saturated carbocycles. The SMILES string of the molecule is C[C@H](OC(=O)c1ccccc1OC(F)F)C(=O)N1CCCc2ccccc21. The lowest BCUT2D eigenvalue weighted by atomic mass is 10.0. The Morgan fingerprint density at radius 1 is 1.07 bits per heavy atom. The first kappa shape index (κ1) is 18.8. The number of nitrogens with zero attached hydrogens (tertiary/aromatic N) is 1. The van der Waals surface area contributed by atoms with Gasteiger partial charge in [0.15, 0.2) is 6.10 Å². The molecule has 0 fully saturated rings. The number of alkyl halides is 2. The van der Waals surface area contributed by atoms with Gasteiger partial charge in [-0.2, -0.15) is 8.78 Å². The first-order chi connectivity index (χ1) is 13.0. The van der Waals surface area contributed by atoms with Gasteiger partial charge < -0.3 is 14.4 Å². The van der Waals surface area contributed by atoms with Crippen molar-refractivity contribution >= 4 is 17.6 Å². The molecule has 1 amide bonds. The lowest BCUT2D eigenvalue weighted by Gasteiger charge is -2.31. The molecule has 1 atom stereocenters. The van der Waals surface area contributed by atoms with Gasteiger partial charge in [0, 0.05) is 12.2 Å². The molecule has 2 aromatic rings. The maximum atomic E-state index is 12.8. The number of carbonyl (C=O) groups excluding carboxylic acids is 2. The second-order valence-electron chi connectivity index (χ2n) is 6.14. The summed E-state index contributed by atoms with van der Waals surface area (Å²) in [5, 5.41) is 0. The van der Waals surface area contributed by atoms with Crippen LogP contribution in [0.15, 0.2) is 48.5 Å². The molecule has 0 spiro atoms. The van der Waals surface area contributed by atoms with Crippen LogP contribution in [-0.4, -0.2) is 31.1 Å². The lowest BCUT2D eigenvalue weighted by Crippen LogP contribution is -2.42. The summed E-state index contributed by atoms with van der Waals surface area (Å²) >= 11 is 0. The Kier molecular flexibility index (Phi) is 5.69. The number of ether oxygens (including phenoxy) is 2. The van der Waals surface area contributed by atoms with Crippen molar-refractivity contribution < 1.29 is 27.8 Å². The third-order valence-electron chi connectivity index (χ3n) is 4.33. The molecule has 1 aliphatic heterocycles. The van der Waals surface area contributed by atoms with E-state index < -0.39 is 18.7 Å². The summed E-state index contributed by atoms with van der Waals surface area (Å²) in [7, 11) is 0. The number of carbonyl (C=O) groups is 2. The van der Waals surface area contributed by atoms with Gasteiger partial charge >= 0.3 is 12.6 Å². The summed E-state index contributed by atoms with van der Waals surface area (Å²) < 4.78 is 34.6. The van der Waals surface area contributed by atoms with Crippen molar-refractivity contribution in [1.29, 1.82) is 0 Å². The Morgan fingerprint density at radius 2 is 1.78 bits per heavy atom. The van der Waals surface area contributed by atoms with Crippen LogP contribution in [-0.2, 0) is 16.0 Å². The third-order valence-corrected chi connectivity index (χ3v) is 4.33. The molecule has 0 aromatic heterocycles. The van der Waals surface area contributed by atoms with Crippen molar-refractivity contribution in [2.24, 2.45) is 0 Å². The van der Waals surface area contributed by atoms with E-state index in [-0.39, 0.29) is 17.2 Å². The first-order valence-electron chi connectivity index (χ1n) is 8.61. The van der Waals surface area contributed by atoms with E-state index >= 15 is 0 Å². The fourth-order valence-electron chi connectivity index (χ4n) is 3.09. The van der Waals surface area contributed by atoms with Crippen LogP contribution in [0.5, 0.6) is 5.75 Å². The molecule has 0 aliphatic carbocycles. The zero-order valence-corrected chi connectivity index (χ0v) is 14.7. The van der Waals surface area contributed by atoms with Crippen LogP contribution in [0.3, 0.4) is 0 Å². The number of fused-ring (bicyclic) bond motifs is 1. The molecule has 3 rings (SSSR count). The summed E-state index contributed by atoms with van der Waals surface area (Å²) in [5.74, 6) is -1.54. The van der Waals surface area contributed by atoms with Crippen LogP contribution in [0.2, 0.25) is 0 Å². The second-order valence-corrected chi connectivity index (χ2v) is 6.14. The maximum absolute atomic E-state index is 12.8. The van der Waals surface area contributed by atoms with E-state index in [1.165, 1.54) is 31.2 Å². The molecule has 0 N–H and O–H groups in total. The summed E-state index contributed by atoms with van der Waals surface area (Å²) in [5.41, 5.74) is 1.71. The highest BCUT2D eigenvalue weighted by Gasteiger charge is 2.29. The molecule has 2 aromatic carbocycles. The van der Waals surface area contributed by atoms with Crippen molar-refractivity contribution in [2.75, 3.05) is 11.4 Å². The van der Waals surface area contributed by atoms with Gasteiger partial charge in [-0.05, 0) is 43.5 Å². The predicted octanol–water partition coefficient (Wildman–Crippen LogP) is 3.81. The molecule has 1 heterocycles. The van der Waals surface area contributed by atoms with Gasteiger partial charge in [0.25, 0.3) is 5.91 Å². The van der Waals surface area contributed by atoms with Crippen LogP contribution in [0.4, 0.5) is 14.5 Å². The van der Waals surface area contributed by atoms with Gasteiger partial charge in [-0.25, -0.2) is 4.79 Å². The first-order valence-corrected chi connectivity index (χ1v) is 8.61. The average Bonchev–Trinajstić information content (AvgIpc) is 2.66.